The SMILES string of the molecule is COC(=O)N1CCc2c([nH]c3ccc(Cl)cc23)C1c1ccc(OCCCN2CCN(C)CC2)cc1. The highest BCUT2D eigenvalue weighted by molar-refractivity contribution is 6.31. The van der Waals surface area contributed by atoms with Crippen molar-refractivity contribution < 1.29 is 14.3 Å². The van der Waals surface area contributed by atoms with Gasteiger partial charge in [-0.25, -0.2) is 4.79 Å². The molecule has 0 aliphatic carbocycles. The van der Waals surface area contributed by atoms with Crippen molar-refractivity contribution in [2.24, 2.45) is 0 Å². The normalized spacial score (nSPS) is 19.1. The van der Waals surface area contributed by atoms with Crippen molar-refractivity contribution in [1.82, 2.24) is 19.7 Å². The Morgan fingerprint density at radius 1 is 1.09 bits per heavy atom. The molecule has 1 N–H and O–H groups in total. The second-order valence-electron chi connectivity index (χ2n) is 9.44. The van der Waals surface area contributed by atoms with Crippen LogP contribution in [0, 0.1) is 0 Å². The zero-order chi connectivity index (χ0) is 24.4. The molecular weight excluding hydrogens is 464 g/mol. The van der Waals surface area contributed by atoms with Gasteiger partial charge in [0.2, 0.25) is 0 Å². The second kappa shape index (κ2) is 10.5. The molecule has 35 heavy (non-hydrogen) atoms. The summed E-state index contributed by atoms with van der Waals surface area (Å²) in [5.74, 6) is 0.844. The quantitative estimate of drug-likeness (QED) is 0.507. The highest BCUT2D eigenvalue weighted by Gasteiger charge is 2.35. The Balaban J connectivity index is 1.30. The van der Waals surface area contributed by atoms with Gasteiger partial charge in [0.15, 0.2) is 0 Å². The van der Waals surface area contributed by atoms with Crippen molar-refractivity contribution in [2.45, 2.75) is 18.9 Å². The van der Waals surface area contributed by atoms with E-state index in [1.54, 1.807) is 4.90 Å². The van der Waals surface area contributed by atoms with Gasteiger partial charge in [-0.3, -0.25) is 4.90 Å². The number of halogens is 1. The molecule has 2 aliphatic rings. The van der Waals surface area contributed by atoms with Crippen LogP contribution in [0.2, 0.25) is 5.02 Å². The second-order valence-corrected chi connectivity index (χ2v) is 9.88. The van der Waals surface area contributed by atoms with E-state index in [0.717, 1.165) is 73.5 Å². The van der Waals surface area contributed by atoms with E-state index in [2.05, 4.69) is 21.8 Å². The maximum atomic E-state index is 12.7. The fraction of sp³-hybridized carbons (Fsp3) is 0.444. The molecule has 1 saturated heterocycles. The molecule has 2 aromatic carbocycles. The van der Waals surface area contributed by atoms with Gasteiger partial charge >= 0.3 is 6.09 Å². The molecule has 1 aromatic heterocycles. The Morgan fingerprint density at radius 2 is 1.86 bits per heavy atom. The van der Waals surface area contributed by atoms with Crippen molar-refractivity contribution >= 4 is 28.6 Å². The van der Waals surface area contributed by atoms with E-state index in [9.17, 15) is 4.79 Å². The lowest BCUT2D eigenvalue weighted by Crippen LogP contribution is -2.44. The third-order valence-electron chi connectivity index (χ3n) is 7.18. The summed E-state index contributed by atoms with van der Waals surface area (Å²) in [5, 5.41) is 1.82. The first kappa shape index (κ1) is 24.0. The monoisotopic (exact) mass is 496 g/mol. The van der Waals surface area contributed by atoms with Gasteiger partial charge in [0.25, 0.3) is 0 Å². The molecule has 1 unspecified atom stereocenters. The molecule has 186 valence electrons. The van der Waals surface area contributed by atoms with E-state index in [1.165, 1.54) is 12.7 Å². The molecule has 1 atom stereocenters. The molecule has 8 heteroatoms. The van der Waals surface area contributed by atoms with Gasteiger partial charge in [-0.15, -0.1) is 0 Å². The number of benzene rings is 2. The molecular formula is C27H33ClN4O3. The lowest BCUT2D eigenvalue weighted by molar-refractivity contribution is 0.108. The van der Waals surface area contributed by atoms with Crippen LogP contribution in [0.3, 0.4) is 0 Å². The molecule has 1 amide bonds. The number of carbonyl (C=O) groups is 1. The number of likely N-dealkylation sites (N-methyl/N-ethyl adjacent to an activating group) is 1. The van der Waals surface area contributed by atoms with E-state index < -0.39 is 0 Å². The van der Waals surface area contributed by atoms with Gasteiger partial charge in [0.1, 0.15) is 11.8 Å². The van der Waals surface area contributed by atoms with Gasteiger partial charge in [0.05, 0.1) is 13.7 Å². The number of H-pyrrole nitrogens is 1. The third kappa shape index (κ3) is 5.13. The minimum absolute atomic E-state index is 0.261. The van der Waals surface area contributed by atoms with Gasteiger partial charge in [-0.1, -0.05) is 23.7 Å². The van der Waals surface area contributed by atoms with Crippen LogP contribution in [-0.4, -0.2) is 85.8 Å². The number of aromatic amines is 1. The molecule has 0 bridgehead atoms. The van der Waals surface area contributed by atoms with E-state index in [4.69, 9.17) is 21.1 Å². The summed E-state index contributed by atoms with van der Waals surface area (Å²) in [7, 11) is 3.61. The fourth-order valence-electron chi connectivity index (χ4n) is 5.22. The largest absolute Gasteiger partial charge is 0.494 e. The topological polar surface area (TPSA) is 61.0 Å². The van der Waals surface area contributed by atoms with Gasteiger partial charge in [-0.2, -0.15) is 0 Å². The number of carbonyl (C=O) groups excluding carboxylic acids is 1. The van der Waals surface area contributed by atoms with Crippen molar-refractivity contribution in [3.8, 4) is 5.75 Å². The summed E-state index contributed by atoms with van der Waals surface area (Å²) in [5.41, 5.74) is 4.26. The van der Waals surface area contributed by atoms with Crippen LogP contribution < -0.4 is 4.74 Å². The Labute approximate surface area is 211 Å². The van der Waals surface area contributed by atoms with E-state index in [-0.39, 0.29) is 12.1 Å². The molecule has 0 saturated carbocycles. The molecule has 5 rings (SSSR count). The number of hydrogen-bond donors (Lipinski definition) is 1. The first-order valence-electron chi connectivity index (χ1n) is 12.3. The minimum Gasteiger partial charge on any atom is -0.494 e. The van der Waals surface area contributed by atoms with E-state index in [1.807, 2.05) is 42.5 Å². The number of nitrogens with one attached hydrogen (secondary N) is 1. The van der Waals surface area contributed by atoms with Crippen LogP contribution in [0.5, 0.6) is 5.75 Å². The average molecular weight is 497 g/mol. The minimum atomic E-state index is -0.332. The number of ether oxygens (including phenoxy) is 2. The third-order valence-corrected chi connectivity index (χ3v) is 7.41. The van der Waals surface area contributed by atoms with Crippen LogP contribution in [0.1, 0.15) is 29.3 Å². The molecule has 7 nitrogen and oxygen atoms in total. The maximum absolute atomic E-state index is 12.7. The van der Waals surface area contributed by atoms with E-state index in [0.29, 0.717) is 18.2 Å². The Morgan fingerprint density at radius 3 is 2.60 bits per heavy atom. The van der Waals surface area contributed by atoms with Crippen molar-refractivity contribution in [2.75, 3.05) is 60.0 Å². The first-order valence-corrected chi connectivity index (χ1v) is 12.7. The molecule has 3 heterocycles. The fourth-order valence-corrected chi connectivity index (χ4v) is 5.39. The highest BCUT2D eigenvalue weighted by Crippen LogP contribution is 2.39. The summed E-state index contributed by atoms with van der Waals surface area (Å²) < 4.78 is 11.1. The van der Waals surface area contributed by atoms with Gasteiger partial charge in [-0.05, 0) is 61.3 Å². The maximum Gasteiger partial charge on any atom is 0.410 e. The Hall–Kier alpha value is -2.74. The van der Waals surface area contributed by atoms with Gasteiger partial charge < -0.3 is 24.3 Å². The smallest absolute Gasteiger partial charge is 0.410 e. The summed E-state index contributed by atoms with van der Waals surface area (Å²) in [6.45, 7) is 6.87. The van der Waals surface area contributed by atoms with Crippen LogP contribution in [-0.2, 0) is 11.2 Å². The molecule has 2 aliphatic heterocycles. The first-order chi connectivity index (χ1) is 17.0. The number of aromatic nitrogens is 1. The molecule has 0 radical (unpaired) electrons. The van der Waals surface area contributed by atoms with Crippen molar-refractivity contribution in [3.05, 3.63) is 64.3 Å². The van der Waals surface area contributed by atoms with Crippen molar-refractivity contribution in [3.63, 3.8) is 0 Å². The van der Waals surface area contributed by atoms with Crippen LogP contribution in [0.25, 0.3) is 10.9 Å². The predicted molar refractivity (Wildman–Crippen MR) is 138 cm³/mol. The molecule has 1 fully saturated rings. The summed E-state index contributed by atoms with van der Waals surface area (Å²) in [4.78, 5) is 22.9. The zero-order valence-electron chi connectivity index (χ0n) is 20.4. The molecule has 0 spiro atoms. The van der Waals surface area contributed by atoms with Gasteiger partial charge in [0, 0.05) is 60.9 Å². The number of hydrogen-bond acceptors (Lipinski definition) is 5. The molecule has 3 aromatic rings. The lowest BCUT2D eigenvalue weighted by Gasteiger charge is -2.35. The lowest BCUT2D eigenvalue weighted by atomic mass is 9.92. The number of nitrogens with zero attached hydrogens (tertiary/aromatic N) is 3. The van der Waals surface area contributed by atoms with Crippen molar-refractivity contribution in [1.29, 1.82) is 0 Å². The predicted octanol–water partition coefficient (Wildman–Crippen LogP) is 4.55. The number of piperazine rings is 1. The standard InChI is InChI=1S/C27H33ClN4O3/c1-30-13-15-31(16-14-30)11-3-17-35-21-7-4-19(5-8-21)26-25-22(10-12-32(26)27(33)34-2)23-18-20(28)6-9-24(23)29-25/h4-9,18,26,29H,3,10-17H2,1-2H3. The summed E-state index contributed by atoms with van der Waals surface area (Å²) >= 11 is 6.28. The van der Waals surface area contributed by atoms with E-state index >= 15 is 0 Å². The highest BCUT2D eigenvalue weighted by atomic mass is 35.5. The summed E-state index contributed by atoms with van der Waals surface area (Å²) in [6, 6.07) is 13.7. The average Bonchev–Trinajstić information content (AvgIpc) is 3.25. The Kier molecular flexibility index (Phi) is 7.18. The number of rotatable bonds is 6. The zero-order valence-corrected chi connectivity index (χ0v) is 21.2. The Bertz CT molecular complexity index is 1170. The number of amides is 1. The van der Waals surface area contributed by atoms with Crippen LogP contribution >= 0.6 is 11.6 Å². The number of methoxy groups -OCH3 is 1. The van der Waals surface area contributed by atoms with Crippen LogP contribution in [0.15, 0.2) is 42.5 Å². The summed E-state index contributed by atoms with van der Waals surface area (Å²) in [6.07, 6.45) is 1.42. The van der Waals surface area contributed by atoms with Crippen LogP contribution in [0.4, 0.5) is 4.79 Å². The number of fused-ring (bicyclic) bond motifs is 3.